The number of carbonyl (C=O) groups is 2. The Kier molecular flexibility index (Phi) is 5.53. The molecule has 2 aliphatic heterocycles. The van der Waals surface area contributed by atoms with Crippen molar-refractivity contribution in [3.05, 3.63) is 59.2 Å². The average molecular weight is 394 g/mol. The number of likely N-dealkylation sites (tertiary alicyclic amines) is 1. The third-order valence-corrected chi connectivity index (χ3v) is 5.89. The molecule has 2 aromatic rings. The van der Waals surface area contributed by atoms with Gasteiger partial charge in [0.1, 0.15) is 0 Å². The first-order chi connectivity index (χ1) is 14.1. The molecular formula is C23H26N2O4. The zero-order chi connectivity index (χ0) is 20.4. The second kappa shape index (κ2) is 8.25. The van der Waals surface area contributed by atoms with Gasteiger partial charge in [0.2, 0.25) is 11.8 Å². The number of amides is 2. The molecule has 0 N–H and O–H groups in total. The van der Waals surface area contributed by atoms with Crippen LogP contribution in [0.2, 0.25) is 0 Å². The number of rotatable bonds is 6. The standard InChI is InChI=1S/C23H26N2O4/c1-28-20-8-7-16(13-21(20)29-2)9-12-25-22(26)14-19(23(25)27)24-11-10-17-5-3-4-6-18(17)15-24/h3-8,13,19H,9-12,14-15H2,1-2H3/t19-/m1/s1. The van der Waals surface area contributed by atoms with E-state index in [2.05, 4.69) is 23.1 Å². The maximum absolute atomic E-state index is 13.0. The summed E-state index contributed by atoms with van der Waals surface area (Å²) in [5.41, 5.74) is 3.59. The predicted octanol–water partition coefficient (Wildman–Crippen LogP) is 2.43. The minimum atomic E-state index is -0.346. The number of benzene rings is 2. The molecule has 1 saturated heterocycles. The summed E-state index contributed by atoms with van der Waals surface area (Å²) in [4.78, 5) is 29.1. The largest absolute Gasteiger partial charge is 0.493 e. The Morgan fingerprint density at radius 3 is 2.52 bits per heavy atom. The van der Waals surface area contributed by atoms with E-state index in [-0.39, 0.29) is 24.3 Å². The van der Waals surface area contributed by atoms with Gasteiger partial charge >= 0.3 is 0 Å². The number of fused-ring (bicyclic) bond motifs is 1. The van der Waals surface area contributed by atoms with Crippen molar-refractivity contribution in [3.8, 4) is 11.5 Å². The van der Waals surface area contributed by atoms with Crippen molar-refractivity contribution in [3.63, 3.8) is 0 Å². The number of methoxy groups -OCH3 is 2. The van der Waals surface area contributed by atoms with Crippen LogP contribution in [0.3, 0.4) is 0 Å². The Hall–Kier alpha value is -2.86. The molecule has 29 heavy (non-hydrogen) atoms. The van der Waals surface area contributed by atoms with Crippen LogP contribution in [0.25, 0.3) is 0 Å². The van der Waals surface area contributed by atoms with Gasteiger partial charge < -0.3 is 9.47 Å². The first kappa shape index (κ1) is 19.5. The molecular weight excluding hydrogens is 368 g/mol. The fourth-order valence-electron chi connectivity index (χ4n) is 4.25. The highest BCUT2D eigenvalue weighted by Crippen LogP contribution is 2.29. The highest BCUT2D eigenvalue weighted by atomic mass is 16.5. The van der Waals surface area contributed by atoms with Gasteiger partial charge in [-0.3, -0.25) is 19.4 Å². The number of nitrogens with zero attached hydrogens (tertiary/aromatic N) is 2. The average Bonchev–Trinajstić information content (AvgIpc) is 3.05. The van der Waals surface area contributed by atoms with Crippen LogP contribution >= 0.6 is 0 Å². The van der Waals surface area contributed by atoms with E-state index in [1.54, 1.807) is 14.2 Å². The smallest absolute Gasteiger partial charge is 0.247 e. The maximum Gasteiger partial charge on any atom is 0.247 e. The molecule has 0 spiro atoms. The van der Waals surface area contributed by atoms with E-state index in [1.165, 1.54) is 16.0 Å². The van der Waals surface area contributed by atoms with E-state index in [1.807, 2.05) is 24.3 Å². The lowest BCUT2D eigenvalue weighted by Gasteiger charge is -2.32. The topological polar surface area (TPSA) is 59.1 Å². The molecule has 0 unspecified atom stereocenters. The summed E-state index contributed by atoms with van der Waals surface area (Å²) in [5.74, 6) is 1.15. The number of hydrogen-bond acceptors (Lipinski definition) is 5. The summed E-state index contributed by atoms with van der Waals surface area (Å²) in [6.45, 7) is 1.92. The molecule has 0 radical (unpaired) electrons. The highest BCUT2D eigenvalue weighted by molar-refractivity contribution is 6.05. The summed E-state index contributed by atoms with van der Waals surface area (Å²) in [6, 6.07) is 13.7. The SMILES string of the molecule is COc1ccc(CCN2C(=O)C[C@@H](N3CCc4ccccc4C3)C2=O)cc1OC. The Bertz CT molecular complexity index is 927. The third kappa shape index (κ3) is 3.85. The molecule has 0 saturated carbocycles. The van der Waals surface area contributed by atoms with E-state index < -0.39 is 0 Å². The normalized spacial score (nSPS) is 19.4. The van der Waals surface area contributed by atoms with E-state index in [9.17, 15) is 9.59 Å². The molecule has 152 valence electrons. The Labute approximate surface area is 171 Å². The molecule has 2 heterocycles. The van der Waals surface area contributed by atoms with Crippen LogP contribution < -0.4 is 9.47 Å². The molecule has 6 heteroatoms. The summed E-state index contributed by atoms with van der Waals surface area (Å²) >= 11 is 0. The van der Waals surface area contributed by atoms with E-state index in [4.69, 9.17) is 9.47 Å². The Morgan fingerprint density at radius 1 is 1.00 bits per heavy atom. The van der Waals surface area contributed by atoms with E-state index in [0.29, 0.717) is 24.5 Å². The summed E-state index contributed by atoms with van der Waals surface area (Å²) in [5, 5.41) is 0. The van der Waals surface area contributed by atoms with Crippen molar-refractivity contribution in [2.24, 2.45) is 0 Å². The minimum absolute atomic E-state index is 0.0742. The molecule has 1 atom stereocenters. The van der Waals surface area contributed by atoms with Gasteiger partial charge in [0.05, 0.1) is 26.7 Å². The fourth-order valence-corrected chi connectivity index (χ4v) is 4.25. The second-order valence-electron chi connectivity index (χ2n) is 7.53. The molecule has 2 amide bonds. The molecule has 0 aromatic heterocycles. The molecule has 2 aromatic carbocycles. The van der Waals surface area contributed by atoms with Crippen molar-refractivity contribution in [2.45, 2.75) is 31.8 Å². The van der Waals surface area contributed by atoms with Crippen LogP contribution in [0.1, 0.15) is 23.1 Å². The summed E-state index contributed by atoms with van der Waals surface area (Å²) in [7, 11) is 3.19. The minimum Gasteiger partial charge on any atom is -0.493 e. The van der Waals surface area contributed by atoms with Gasteiger partial charge in [-0.15, -0.1) is 0 Å². The van der Waals surface area contributed by atoms with Crippen molar-refractivity contribution < 1.29 is 19.1 Å². The van der Waals surface area contributed by atoms with Gasteiger partial charge in [0.15, 0.2) is 11.5 Å². The third-order valence-electron chi connectivity index (χ3n) is 5.89. The molecule has 4 rings (SSSR count). The van der Waals surface area contributed by atoms with Crippen molar-refractivity contribution >= 4 is 11.8 Å². The quantitative estimate of drug-likeness (QED) is 0.705. The second-order valence-corrected chi connectivity index (χ2v) is 7.53. The first-order valence-electron chi connectivity index (χ1n) is 9.96. The zero-order valence-electron chi connectivity index (χ0n) is 16.9. The van der Waals surface area contributed by atoms with Crippen molar-refractivity contribution in [2.75, 3.05) is 27.3 Å². The van der Waals surface area contributed by atoms with Crippen LogP contribution in [0, 0.1) is 0 Å². The Balaban J connectivity index is 1.41. The molecule has 0 aliphatic carbocycles. The summed E-state index contributed by atoms with van der Waals surface area (Å²) in [6.07, 6.45) is 1.78. The van der Waals surface area contributed by atoms with Crippen LogP contribution in [-0.4, -0.2) is 55.0 Å². The summed E-state index contributed by atoms with van der Waals surface area (Å²) < 4.78 is 10.6. The number of ether oxygens (including phenoxy) is 2. The lowest BCUT2D eigenvalue weighted by atomic mass is 9.98. The molecule has 6 nitrogen and oxygen atoms in total. The monoisotopic (exact) mass is 394 g/mol. The van der Waals surface area contributed by atoms with E-state index >= 15 is 0 Å². The molecule has 0 bridgehead atoms. The molecule has 2 aliphatic rings. The van der Waals surface area contributed by atoms with Gasteiger partial charge in [-0.25, -0.2) is 0 Å². The number of carbonyl (C=O) groups excluding carboxylic acids is 2. The van der Waals surface area contributed by atoms with Gasteiger partial charge in [-0.1, -0.05) is 30.3 Å². The van der Waals surface area contributed by atoms with Gasteiger partial charge in [-0.05, 0) is 41.7 Å². The Morgan fingerprint density at radius 2 is 1.76 bits per heavy atom. The number of hydrogen-bond donors (Lipinski definition) is 0. The maximum atomic E-state index is 13.0. The lowest BCUT2D eigenvalue weighted by Crippen LogP contribution is -2.44. The number of imide groups is 1. The van der Waals surface area contributed by atoms with Crippen molar-refractivity contribution in [1.29, 1.82) is 0 Å². The lowest BCUT2D eigenvalue weighted by molar-refractivity contribution is -0.139. The fraction of sp³-hybridized carbons (Fsp3) is 0.391. The van der Waals surface area contributed by atoms with Crippen molar-refractivity contribution in [1.82, 2.24) is 9.80 Å². The van der Waals surface area contributed by atoms with Gasteiger partial charge in [-0.2, -0.15) is 0 Å². The van der Waals surface area contributed by atoms with Gasteiger partial charge in [0, 0.05) is 19.6 Å². The van der Waals surface area contributed by atoms with Crippen LogP contribution in [-0.2, 0) is 29.0 Å². The van der Waals surface area contributed by atoms with E-state index in [0.717, 1.165) is 25.1 Å². The zero-order valence-corrected chi connectivity index (χ0v) is 16.9. The van der Waals surface area contributed by atoms with Crippen LogP contribution in [0.4, 0.5) is 0 Å². The highest BCUT2D eigenvalue weighted by Gasteiger charge is 2.42. The van der Waals surface area contributed by atoms with Gasteiger partial charge in [0.25, 0.3) is 0 Å². The first-order valence-corrected chi connectivity index (χ1v) is 9.96. The van der Waals surface area contributed by atoms with Crippen LogP contribution in [0.5, 0.6) is 11.5 Å². The predicted molar refractivity (Wildman–Crippen MR) is 109 cm³/mol. The van der Waals surface area contributed by atoms with Crippen LogP contribution in [0.15, 0.2) is 42.5 Å². The molecule has 1 fully saturated rings.